The molecule has 2 heterocycles. The highest BCUT2D eigenvalue weighted by atomic mass is 32.1. The predicted octanol–water partition coefficient (Wildman–Crippen LogP) is 6.23. The van der Waals surface area contributed by atoms with E-state index in [-0.39, 0.29) is 11.9 Å². The number of nitrogens with one attached hydrogen (secondary N) is 2. The Balaban J connectivity index is 1.77. The number of ether oxygens (including phenoxy) is 2. The van der Waals surface area contributed by atoms with Gasteiger partial charge in [0.2, 0.25) is 0 Å². The standard InChI is InChI=1S/C27H27N3O3S/c1-17-9-8-12-24(28-17)29-25(20-13-14-22(32-3)23(16-20)33-4)21-15-18(2)34-27(21)30-26(31)19-10-6-5-7-11-19/h5-16,25H,1-4H3,(H,28,29)(H,30,31)/t25-/m1/s1. The molecule has 0 saturated heterocycles. The summed E-state index contributed by atoms with van der Waals surface area (Å²) in [5.74, 6) is 1.87. The molecule has 2 aromatic heterocycles. The quantitative estimate of drug-likeness (QED) is 0.317. The molecule has 0 spiro atoms. The van der Waals surface area contributed by atoms with E-state index in [1.165, 1.54) is 0 Å². The molecule has 2 aromatic carbocycles. The molecular formula is C27H27N3O3S. The summed E-state index contributed by atoms with van der Waals surface area (Å²) in [5, 5.41) is 7.45. The highest BCUT2D eigenvalue weighted by molar-refractivity contribution is 7.16. The first-order valence-electron chi connectivity index (χ1n) is 10.9. The Bertz CT molecular complexity index is 1290. The number of hydrogen-bond donors (Lipinski definition) is 2. The first-order valence-corrected chi connectivity index (χ1v) is 11.7. The number of hydrogen-bond acceptors (Lipinski definition) is 6. The third-order valence-electron chi connectivity index (χ3n) is 5.38. The summed E-state index contributed by atoms with van der Waals surface area (Å²) in [6.07, 6.45) is 0. The number of aryl methyl sites for hydroxylation is 2. The minimum Gasteiger partial charge on any atom is -0.493 e. The Morgan fingerprint density at radius 3 is 2.38 bits per heavy atom. The maximum absolute atomic E-state index is 12.9. The van der Waals surface area contributed by atoms with Crippen LogP contribution in [0.15, 0.2) is 72.8 Å². The molecule has 0 saturated carbocycles. The van der Waals surface area contributed by atoms with Crippen LogP contribution in [0, 0.1) is 13.8 Å². The van der Waals surface area contributed by atoms with Gasteiger partial charge in [-0.15, -0.1) is 11.3 Å². The lowest BCUT2D eigenvalue weighted by Gasteiger charge is -2.22. The second kappa shape index (κ2) is 10.4. The van der Waals surface area contributed by atoms with Crippen LogP contribution in [0.4, 0.5) is 10.8 Å². The van der Waals surface area contributed by atoms with E-state index >= 15 is 0 Å². The number of benzene rings is 2. The van der Waals surface area contributed by atoms with Crippen molar-refractivity contribution in [1.82, 2.24) is 4.98 Å². The molecule has 6 nitrogen and oxygen atoms in total. The number of amides is 1. The molecule has 0 unspecified atom stereocenters. The van der Waals surface area contributed by atoms with E-state index in [1.54, 1.807) is 37.7 Å². The van der Waals surface area contributed by atoms with Crippen molar-refractivity contribution < 1.29 is 14.3 Å². The number of methoxy groups -OCH3 is 2. The summed E-state index contributed by atoms with van der Waals surface area (Å²) in [7, 11) is 3.23. The van der Waals surface area contributed by atoms with Gasteiger partial charge >= 0.3 is 0 Å². The van der Waals surface area contributed by atoms with Crippen LogP contribution >= 0.6 is 11.3 Å². The highest BCUT2D eigenvalue weighted by Gasteiger charge is 2.23. The summed E-state index contributed by atoms with van der Waals surface area (Å²) in [5.41, 5.74) is 3.42. The smallest absolute Gasteiger partial charge is 0.256 e. The van der Waals surface area contributed by atoms with E-state index in [0.29, 0.717) is 17.1 Å². The summed E-state index contributed by atoms with van der Waals surface area (Å²) < 4.78 is 11.0. The number of anilines is 2. The summed E-state index contributed by atoms with van der Waals surface area (Å²) >= 11 is 1.54. The molecule has 34 heavy (non-hydrogen) atoms. The van der Waals surface area contributed by atoms with Crippen LogP contribution in [0.25, 0.3) is 0 Å². The van der Waals surface area contributed by atoms with Crippen molar-refractivity contribution in [2.75, 3.05) is 24.9 Å². The van der Waals surface area contributed by atoms with Crippen LogP contribution in [0.3, 0.4) is 0 Å². The van der Waals surface area contributed by atoms with Gasteiger partial charge in [0, 0.05) is 21.7 Å². The largest absolute Gasteiger partial charge is 0.493 e. The predicted molar refractivity (Wildman–Crippen MR) is 137 cm³/mol. The van der Waals surface area contributed by atoms with Crippen LogP contribution in [-0.2, 0) is 0 Å². The number of rotatable bonds is 8. The Kier molecular flexibility index (Phi) is 7.13. The number of aromatic nitrogens is 1. The van der Waals surface area contributed by atoms with Crippen molar-refractivity contribution in [2.45, 2.75) is 19.9 Å². The topological polar surface area (TPSA) is 72.5 Å². The van der Waals surface area contributed by atoms with Crippen LogP contribution < -0.4 is 20.1 Å². The molecule has 0 aliphatic heterocycles. The molecular weight excluding hydrogens is 446 g/mol. The van der Waals surface area contributed by atoms with E-state index in [0.717, 1.165) is 32.5 Å². The second-order valence-corrected chi connectivity index (χ2v) is 9.07. The first kappa shape index (κ1) is 23.3. The minimum atomic E-state index is -0.287. The van der Waals surface area contributed by atoms with Gasteiger partial charge in [0.05, 0.1) is 20.3 Å². The van der Waals surface area contributed by atoms with E-state index in [1.807, 2.05) is 68.4 Å². The molecule has 1 amide bonds. The highest BCUT2D eigenvalue weighted by Crippen LogP contribution is 2.40. The Morgan fingerprint density at radius 2 is 1.68 bits per heavy atom. The van der Waals surface area contributed by atoms with Gasteiger partial charge in [-0.25, -0.2) is 4.98 Å². The Morgan fingerprint density at radius 1 is 0.912 bits per heavy atom. The molecule has 0 aliphatic carbocycles. The normalized spacial score (nSPS) is 11.5. The lowest BCUT2D eigenvalue weighted by molar-refractivity contribution is 0.102. The maximum Gasteiger partial charge on any atom is 0.256 e. The fraction of sp³-hybridized carbons (Fsp3) is 0.185. The summed E-state index contributed by atoms with van der Waals surface area (Å²) in [6, 6.07) is 22.7. The maximum atomic E-state index is 12.9. The number of nitrogens with zero attached hydrogens (tertiary/aromatic N) is 1. The molecule has 0 aliphatic rings. The van der Waals surface area contributed by atoms with Crippen molar-refractivity contribution >= 4 is 28.1 Å². The van der Waals surface area contributed by atoms with Crippen molar-refractivity contribution in [3.8, 4) is 11.5 Å². The minimum absolute atomic E-state index is 0.150. The van der Waals surface area contributed by atoms with Crippen molar-refractivity contribution in [2.24, 2.45) is 0 Å². The zero-order chi connectivity index (χ0) is 24.1. The summed E-state index contributed by atoms with van der Waals surface area (Å²) in [4.78, 5) is 18.7. The van der Waals surface area contributed by atoms with Gasteiger partial charge in [0.1, 0.15) is 10.8 Å². The number of carbonyl (C=O) groups is 1. The number of pyridine rings is 1. The third kappa shape index (κ3) is 5.21. The molecule has 0 fully saturated rings. The fourth-order valence-corrected chi connectivity index (χ4v) is 4.70. The van der Waals surface area contributed by atoms with Crippen LogP contribution in [0.2, 0.25) is 0 Å². The lowest BCUT2D eigenvalue weighted by Crippen LogP contribution is -2.17. The van der Waals surface area contributed by atoms with E-state index in [4.69, 9.17) is 9.47 Å². The Hall–Kier alpha value is -3.84. The van der Waals surface area contributed by atoms with Gasteiger partial charge in [-0.1, -0.05) is 30.3 Å². The van der Waals surface area contributed by atoms with E-state index in [9.17, 15) is 4.79 Å². The van der Waals surface area contributed by atoms with Gasteiger partial charge < -0.3 is 20.1 Å². The molecule has 1 atom stereocenters. The molecule has 174 valence electrons. The molecule has 0 bridgehead atoms. The van der Waals surface area contributed by atoms with Crippen molar-refractivity contribution in [3.63, 3.8) is 0 Å². The molecule has 0 radical (unpaired) electrons. The molecule has 7 heteroatoms. The van der Waals surface area contributed by atoms with Crippen LogP contribution in [0.5, 0.6) is 11.5 Å². The average molecular weight is 474 g/mol. The average Bonchev–Trinajstić information content (AvgIpc) is 3.22. The molecule has 4 aromatic rings. The van der Waals surface area contributed by atoms with Crippen LogP contribution in [-0.4, -0.2) is 25.1 Å². The van der Waals surface area contributed by atoms with Gasteiger partial charge in [0.15, 0.2) is 11.5 Å². The van der Waals surface area contributed by atoms with Gasteiger partial charge in [-0.2, -0.15) is 0 Å². The zero-order valence-electron chi connectivity index (χ0n) is 19.6. The lowest BCUT2D eigenvalue weighted by atomic mass is 9.99. The summed E-state index contributed by atoms with van der Waals surface area (Å²) in [6.45, 7) is 3.99. The van der Waals surface area contributed by atoms with Crippen LogP contribution in [0.1, 0.15) is 38.1 Å². The fourth-order valence-electron chi connectivity index (χ4n) is 3.76. The number of carbonyl (C=O) groups excluding carboxylic acids is 1. The van der Waals surface area contributed by atoms with Gasteiger partial charge in [0.25, 0.3) is 5.91 Å². The Labute approximate surface area is 203 Å². The van der Waals surface area contributed by atoms with E-state index < -0.39 is 0 Å². The molecule has 4 rings (SSSR count). The number of thiophene rings is 1. The van der Waals surface area contributed by atoms with E-state index in [2.05, 4.69) is 21.7 Å². The van der Waals surface area contributed by atoms with Gasteiger partial charge in [-0.05, 0) is 61.9 Å². The molecule has 2 N–H and O–H groups in total. The SMILES string of the molecule is COc1ccc([C@@H](Nc2cccc(C)n2)c2cc(C)sc2NC(=O)c2ccccc2)cc1OC. The first-order chi connectivity index (χ1) is 16.5. The van der Waals surface area contributed by atoms with Crippen molar-refractivity contribution in [3.05, 3.63) is 100 Å². The zero-order valence-corrected chi connectivity index (χ0v) is 20.4. The van der Waals surface area contributed by atoms with Crippen molar-refractivity contribution in [1.29, 1.82) is 0 Å². The third-order valence-corrected chi connectivity index (χ3v) is 6.36. The second-order valence-electron chi connectivity index (χ2n) is 7.82. The van der Waals surface area contributed by atoms with Gasteiger partial charge in [-0.3, -0.25) is 4.79 Å². The monoisotopic (exact) mass is 473 g/mol.